The fourth-order valence-electron chi connectivity index (χ4n) is 1.82. The summed E-state index contributed by atoms with van der Waals surface area (Å²) in [6, 6.07) is 0. The molecule has 86 valence electrons. The number of hydrogen-bond donors (Lipinski definition) is 2. The molecule has 0 spiro atoms. The van der Waals surface area contributed by atoms with Gasteiger partial charge < -0.3 is 20.6 Å². The average molecular weight is 215 g/mol. The standard InChI is InChI=1S/C9H17N3O3/c1-12(2)8(13)9(7(10)11-14)3-5-15-6-4-9/h14H,3-6H2,1-2H3,(H2,10,11). The molecule has 0 radical (unpaired) electrons. The summed E-state index contributed by atoms with van der Waals surface area (Å²) in [5, 5.41) is 11.7. The van der Waals surface area contributed by atoms with Gasteiger partial charge in [-0.3, -0.25) is 4.79 Å². The summed E-state index contributed by atoms with van der Waals surface area (Å²) in [5.41, 5.74) is 4.73. The molecule has 0 aromatic carbocycles. The van der Waals surface area contributed by atoms with Gasteiger partial charge in [0.25, 0.3) is 0 Å². The number of nitrogens with zero attached hydrogens (tertiary/aromatic N) is 2. The highest BCUT2D eigenvalue weighted by atomic mass is 16.5. The zero-order valence-corrected chi connectivity index (χ0v) is 9.06. The Kier molecular flexibility index (Phi) is 3.52. The predicted octanol–water partition coefficient (Wildman–Crippen LogP) is -0.382. The fraction of sp³-hybridized carbons (Fsp3) is 0.778. The van der Waals surface area contributed by atoms with Gasteiger partial charge >= 0.3 is 0 Å². The molecule has 1 aliphatic heterocycles. The van der Waals surface area contributed by atoms with E-state index < -0.39 is 5.41 Å². The molecule has 1 saturated heterocycles. The molecular weight excluding hydrogens is 198 g/mol. The average Bonchev–Trinajstić information content (AvgIpc) is 2.27. The molecular formula is C9H17N3O3. The summed E-state index contributed by atoms with van der Waals surface area (Å²) >= 11 is 0. The van der Waals surface area contributed by atoms with E-state index in [-0.39, 0.29) is 11.7 Å². The third-order valence-electron chi connectivity index (χ3n) is 2.76. The Bertz CT molecular complexity index is 270. The fourth-order valence-corrected chi connectivity index (χ4v) is 1.82. The van der Waals surface area contributed by atoms with Crippen molar-refractivity contribution < 1.29 is 14.7 Å². The Balaban J connectivity index is 3.00. The maximum Gasteiger partial charge on any atom is 0.236 e. The summed E-state index contributed by atoms with van der Waals surface area (Å²) in [5.74, 6) is -0.161. The third-order valence-corrected chi connectivity index (χ3v) is 2.76. The van der Waals surface area contributed by atoms with Gasteiger partial charge in [-0.25, -0.2) is 0 Å². The lowest BCUT2D eigenvalue weighted by Crippen LogP contribution is -2.52. The minimum absolute atomic E-state index is 0.0236. The van der Waals surface area contributed by atoms with Crippen molar-refractivity contribution in [3.8, 4) is 0 Å². The molecule has 0 aromatic rings. The van der Waals surface area contributed by atoms with Gasteiger partial charge in [0.2, 0.25) is 5.91 Å². The maximum absolute atomic E-state index is 12.0. The zero-order valence-electron chi connectivity index (χ0n) is 9.06. The summed E-state index contributed by atoms with van der Waals surface area (Å²) in [6.07, 6.45) is 0.916. The topological polar surface area (TPSA) is 88.2 Å². The van der Waals surface area contributed by atoms with Crippen molar-refractivity contribution in [2.24, 2.45) is 16.3 Å². The molecule has 6 nitrogen and oxygen atoms in total. The quantitative estimate of drug-likeness (QED) is 0.284. The highest BCUT2D eigenvalue weighted by Gasteiger charge is 2.45. The number of carbonyl (C=O) groups excluding carboxylic acids is 1. The van der Waals surface area contributed by atoms with E-state index in [0.29, 0.717) is 26.1 Å². The number of amides is 1. The van der Waals surface area contributed by atoms with Crippen LogP contribution >= 0.6 is 0 Å². The van der Waals surface area contributed by atoms with Gasteiger partial charge in [0.05, 0.1) is 0 Å². The van der Waals surface area contributed by atoms with E-state index in [9.17, 15) is 4.79 Å². The van der Waals surface area contributed by atoms with Crippen LogP contribution in [-0.4, -0.2) is 49.2 Å². The second-order valence-electron chi connectivity index (χ2n) is 3.88. The van der Waals surface area contributed by atoms with Crippen LogP contribution in [0.25, 0.3) is 0 Å². The lowest BCUT2D eigenvalue weighted by atomic mass is 9.78. The van der Waals surface area contributed by atoms with Crippen LogP contribution in [0, 0.1) is 5.41 Å². The lowest BCUT2D eigenvalue weighted by molar-refractivity contribution is -0.140. The Labute approximate surface area is 88.7 Å². The van der Waals surface area contributed by atoms with E-state index >= 15 is 0 Å². The molecule has 1 heterocycles. The highest BCUT2D eigenvalue weighted by molar-refractivity contribution is 6.06. The van der Waals surface area contributed by atoms with Gasteiger partial charge in [0.15, 0.2) is 5.84 Å². The summed E-state index contributed by atoms with van der Waals surface area (Å²) < 4.78 is 5.19. The van der Waals surface area contributed by atoms with Crippen LogP contribution in [0.2, 0.25) is 0 Å². The molecule has 0 atom stereocenters. The van der Waals surface area contributed by atoms with Gasteiger partial charge in [-0.05, 0) is 12.8 Å². The number of hydrogen-bond acceptors (Lipinski definition) is 4. The molecule has 0 saturated carbocycles. The SMILES string of the molecule is CN(C)C(=O)C1(C(N)=NO)CCOCC1. The van der Waals surface area contributed by atoms with Crippen LogP contribution in [-0.2, 0) is 9.53 Å². The number of amidine groups is 1. The molecule has 15 heavy (non-hydrogen) atoms. The molecule has 1 aliphatic rings. The monoisotopic (exact) mass is 215 g/mol. The molecule has 0 aliphatic carbocycles. The van der Waals surface area contributed by atoms with Gasteiger partial charge in [-0.1, -0.05) is 5.16 Å². The molecule has 1 amide bonds. The van der Waals surface area contributed by atoms with Crippen molar-refractivity contribution in [1.82, 2.24) is 4.90 Å². The second kappa shape index (κ2) is 4.48. The van der Waals surface area contributed by atoms with Gasteiger partial charge in [0.1, 0.15) is 5.41 Å². The Morgan fingerprint density at radius 3 is 2.40 bits per heavy atom. The first-order chi connectivity index (χ1) is 7.04. The van der Waals surface area contributed by atoms with Gasteiger partial charge in [0, 0.05) is 27.3 Å². The van der Waals surface area contributed by atoms with E-state index in [1.807, 2.05) is 0 Å². The van der Waals surface area contributed by atoms with Crippen LogP contribution in [0.4, 0.5) is 0 Å². The molecule has 0 bridgehead atoms. The molecule has 3 N–H and O–H groups in total. The number of rotatable bonds is 2. The Morgan fingerprint density at radius 2 is 2.00 bits per heavy atom. The van der Waals surface area contributed by atoms with Crippen molar-refractivity contribution in [2.75, 3.05) is 27.3 Å². The zero-order chi connectivity index (χ0) is 11.5. The third kappa shape index (κ3) is 2.04. The number of carbonyl (C=O) groups is 1. The molecule has 1 fully saturated rings. The number of ether oxygens (including phenoxy) is 1. The van der Waals surface area contributed by atoms with Gasteiger partial charge in [-0.2, -0.15) is 0 Å². The maximum atomic E-state index is 12.0. The largest absolute Gasteiger partial charge is 0.409 e. The van der Waals surface area contributed by atoms with Crippen LogP contribution in [0.5, 0.6) is 0 Å². The molecule has 6 heteroatoms. The normalized spacial score (nSPS) is 21.1. The minimum atomic E-state index is -0.892. The van der Waals surface area contributed by atoms with E-state index in [2.05, 4.69) is 5.16 Å². The first kappa shape index (κ1) is 11.8. The first-order valence-corrected chi connectivity index (χ1v) is 4.82. The Morgan fingerprint density at radius 1 is 1.47 bits per heavy atom. The molecule has 0 aromatic heterocycles. The van der Waals surface area contributed by atoms with Crippen LogP contribution in [0.1, 0.15) is 12.8 Å². The predicted molar refractivity (Wildman–Crippen MR) is 54.6 cm³/mol. The summed E-state index contributed by atoms with van der Waals surface area (Å²) in [7, 11) is 3.31. The summed E-state index contributed by atoms with van der Waals surface area (Å²) in [6.45, 7) is 0.908. The minimum Gasteiger partial charge on any atom is -0.409 e. The summed E-state index contributed by atoms with van der Waals surface area (Å²) in [4.78, 5) is 13.5. The van der Waals surface area contributed by atoms with E-state index in [0.717, 1.165) is 0 Å². The molecule has 0 unspecified atom stereocenters. The molecule has 1 rings (SSSR count). The van der Waals surface area contributed by atoms with E-state index in [1.165, 1.54) is 4.90 Å². The van der Waals surface area contributed by atoms with Crippen LogP contribution in [0.3, 0.4) is 0 Å². The van der Waals surface area contributed by atoms with Crippen molar-refractivity contribution in [1.29, 1.82) is 0 Å². The number of nitrogens with two attached hydrogens (primary N) is 1. The number of oxime groups is 1. The van der Waals surface area contributed by atoms with Crippen molar-refractivity contribution in [3.05, 3.63) is 0 Å². The second-order valence-corrected chi connectivity index (χ2v) is 3.88. The lowest BCUT2D eigenvalue weighted by Gasteiger charge is -2.36. The first-order valence-electron chi connectivity index (χ1n) is 4.82. The highest BCUT2D eigenvalue weighted by Crippen LogP contribution is 2.32. The van der Waals surface area contributed by atoms with E-state index in [4.69, 9.17) is 15.7 Å². The van der Waals surface area contributed by atoms with Crippen LogP contribution < -0.4 is 5.73 Å². The smallest absolute Gasteiger partial charge is 0.236 e. The van der Waals surface area contributed by atoms with Crippen molar-refractivity contribution >= 4 is 11.7 Å². The van der Waals surface area contributed by atoms with E-state index in [1.54, 1.807) is 14.1 Å². The van der Waals surface area contributed by atoms with Gasteiger partial charge in [-0.15, -0.1) is 0 Å². The Hall–Kier alpha value is -1.30. The van der Waals surface area contributed by atoms with Crippen LogP contribution in [0.15, 0.2) is 5.16 Å². The van der Waals surface area contributed by atoms with Crippen molar-refractivity contribution in [2.45, 2.75) is 12.8 Å². The van der Waals surface area contributed by atoms with Crippen molar-refractivity contribution in [3.63, 3.8) is 0 Å².